The highest BCUT2D eigenvalue weighted by molar-refractivity contribution is 5.76. The van der Waals surface area contributed by atoms with Crippen LogP contribution in [-0.2, 0) is 33.2 Å². The van der Waals surface area contributed by atoms with E-state index in [2.05, 4.69) is 104 Å². The fraction of sp³-hybridized carbons (Fsp3) is 0.800. The van der Waals surface area contributed by atoms with Crippen LogP contribution in [0.4, 0.5) is 0 Å². The smallest absolute Gasteiger partial charge is 0.220 e. The molecule has 3 rings (SSSR count). The first kappa shape index (κ1) is 85.2. The van der Waals surface area contributed by atoms with Crippen LogP contribution in [0.2, 0.25) is 0 Å². The second-order valence-electron chi connectivity index (χ2n) is 26.0. The highest BCUT2D eigenvalue weighted by Gasteiger charge is 2.53. The van der Waals surface area contributed by atoms with Crippen molar-refractivity contribution in [1.82, 2.24) is 5.32 Å². The molecule has 3 aliphatic heterocycles. The second kappa shape index (κ2) is 55.8. The number of nitrogens with one attached hydrogen (secondary N) is 1. The van der Waals surface area contributed by atoms with Gasteiger partial charge in [0.2, 0.25) is 5.91 Å². The Morgan fingerprint density at radius 3 is 1.15 bits per heavy atom. The molecule has 0 aromatic carbocycles. The molecule has 544 valence electrons. The number of rotatable bonds is 56. The Bertz CT molecular complexity index is 2030. The lowest BCUT2D eigenvalue weighted by atomic mass is 9.96. The van der Waals surface area contributed by atoms with Gasteiger partial charge in [0.25, 0.3) is 0 Å². The van der Waals surface area contributed by atoms with Gasteiger partial charge in [0.15, 0.2) is 18.9 Å². The van der Waals surface area contributed by atoms with E-state index in [0.717, 1.165) is 96.3 Å². The molecule has 17 unspecified atom stereocenters. The summed E-state index contributed by atoms with van der Waals surface area (Å²) in [5, 5.41) is 120. The van der Waals surface area contributed by atoms with Crippen LogP contribution < -0.4 is 5.32 Å². The van der Waals surface area contributed by atoms with E-state index >= 15 is 0 Å². The summed E-state index contributed by atoms with van der Waals surface area (Å²) in [7, 11) is 0. The van der Waals surface area contributed by atoms with Crippen molar-refractivity contribution in [2.75, 3.05) is 26.4 Å². The summed E-state index contributed by atoms with van der Waals surface area (Å²) in [6.45, 7) is 1.63. The fourth-order valence-electron chi connectivity index (χ4n) is 12.1. The van der Waals surface area contributed by atoms with Crippen molar-refractivity contribution in [1.29, 1.82) is 0 Å². The van der Waals surface area contributed by atoms with Crippen LogP contribution in [0.3, 0.4) is 0 Å². The van der Waals surface area contributed by atoms with E-state index in [0.29, 0.717) is 12.8 Å². The highest BCUT2D eigenvalue weighted by Crippen LogP contribution is 2.33. The number of aliphatic hydroxyl groups is 11. The fourth-order valence-corrected chi connectivity index (χ4v) is 12.1. The maximum atomic E-state index is 13.4. The van der Waals surface area contributed by atoms with Gasteiger partial charge < -0.3 is 89.9 Å². The third-order valence-corrected chi connectivity index (χ3v) is 18.0. The lowest BCUT2D eigenvalue weighted by Gasteiger charge is -2.48. The van der Waals surface area contributed by atoms with E-state index in [1.54, 1.807) is 0 Å². The summed E-state index contributed by atoms with van der Waals surface area (Å²) in [5.41, 5.74) is 0. The Hall–Kier alpha value is -3.03. The van der Waals surface area contributed by atoms with Gasteiger partial charge in [-0.15, -0.1) is 0 Å². The molecule has 0 saturated carbocycles. The van der Waals surface area contributed by atoms with E-state index in [9.17, 15) is 61.0 Å². The molecule has 3 saturated heterocycles. The number of carbonyl (C=O) groups is 1. The van der Waals surface area contributed by atoms with Gasteiger partial charge in [-0.25, -0.2) is 0 Å². The molecule has 17 atom stereocenters. The molecule has 0 radical (unpaired) electrons. The zero-order chi connectivity index (χ0) is 68.2. The first-order valence-electron chi connectivity index (χ1n) is 36.8. The van der Waals surface area contributed by atoms with Crippen molar-refractivity contribution in [3.63, 3.8) is 0 Å². The average molecular weight is 1330 g/mol. The summed E-state index contributed by atoms with van der Waals surface area (Å²) in [4.78, 5) is 13.4. The minimum absolute atomic E-state index is 0.246. The van der Waals surface area contributed by atoms with Gasteiger partial charge in [-0.1, -0.05) is 259 Å². The Labute approximate surface area is 565 Å². The van der Waals surface area contributed by atoms with E-state index in [1.165, 1.54) is 122 Å². The number of allylic oxidation sites excluding steroid dienone is 14. The minimum atomic E-state index is -1.97. The quantitative estimate of drug-likeness (QED) is 0.0199. The van der Waals surface area contributed by atoms with Crippen molar-refractivity contribution in [3.8, 4) is 0 Å². The number of carbonyl (C=O) groups excluding carboxylic acids is 1. The maximum absolute atomic E-state index is 13.4. The van der Waals surface area contributed by atoms with Crippen molar-refractivity contribution in [2.24, 2.45) is 0 Å². The number of amides is 1. The summed E-state index contributed by atoms with van der Waals surface area (Å²) in [6.07, 6.45) is 45.9. The zero-order valence-corrected chi connectivity index (χ0v) is 57.7. The second-order valence-corrected chi connectivity index (χ2v) is 26.0. The van der Waals surface area contributed by atoms with E-state index in [1.807, 2.05) is 0 Å². The normalized spacial score (nSPS) is 27.9. The molecule has 0 aromatic rings. The van der Waals surface area contributed by atoms with Crippen molar-refractivity contribution in [2.45, 2.75) is 356 Å². The van der Waals surface area contributed by atoms with Gasteiger partial charge in [-0.05, 0) is 70.6 Å². The molecular formula is C75H131NO18. The van der Waals surface area contributed by atoms with Crippen LogP contribution in [0.15, 0.2) is 85.1 Å². The summed E-state index contributed by atoms with van der Waals surface area (Å²) in [5.74, 6) is -0.246. The van der Waals surface area contributed by atoms with Crippen LogP contribution in [0.25, 0.3) is 0 Å². The number of unbranched alkanes of at least 4 members (excludes halogenated alkanes) is 26. The standard InChI is InChI=1S/C75H131NO18/c1-3-5-7-9-11-13-14-15-16-17-18-19-20-21-22-23-24-25-26-27-28-29-30-31-32-33-34-35-36-37-38-39-40-41-42-43-44-45-47-49-51-53-63(81)76-58(59(80)52-50-48-46-12-10-8-6-4-2)57-89-73-69(87)66(84)71(61(55-78)91-73)94-75-70(88)67(85)72(62(56-79)92-75)93-74-68(86)65(83)64(82)60(54-77)90-74/h5,7,11,13,15-16,18-19,21-22,24-25,27-28,58-62,64-75,77-80,82-88H,3-4,6,8-10,12,14,17,20,23,26,29-57H2,1-2H3,(H,76,81)/b7-5-,13-11-,16-15-,19-18-,22-21-,25-24-,28-27-. The third-order valence-electron chi connectivity index (χ3n) is 18.0. The third kappa shape index (κ3) is 36.7. The molecule has 0 spiro atoms. The van der Waals surface area contributed by atoms with Gasteiger partial charge in [-0.3, -0.25) is 4.79 Å². The van der Waals surface area contributed by atoms with Crippen molar-refractivity contribution >= 4 is 5.91 Å². The first-order valence-corrected chi connectivity index (χ1v) is 36.8. The largest absolute Gasteiger partial charge is 0.394 e. The van der Waals surface area contributed by atoms with E-state index in [-0.39, 0.29) is 18.9 Å². The molecule has 0 bridgehead atoms. The first-order chi connectivity index (χ1) is 45.8. The van der Waals surface area contributed by atoms with Gasteiger partial charge >= 0.3 is 0 Å². The van der Waals surface area contributed by atoms with Crippen LogP contribution in [0.5, 0.6) is 0 Å². The topological polar surface area (TPSA) is 307 Å². The molecule has 19 nitrogen and oxygen atoms in total. The van der Waals surface area contributed by atoms with Gasteiger partial charge in [0, 0.05) is 6.42 Å². The predicted molar refractivity (Wildman–Crippen MR) is 369 cm³/mol. The van der Waals surface area contributed by atoms with Crippen molar-refractivity contribution < 1.29 is 89.4 Å². The van der Waals surface area contributed by atoms with Crippen molar-refractivity contribution in [3.05, 3.63) is 85.1 Å². The summed E-state index contributed by atoms with van der Waals surface area (Å²) < 4.78 is 34.3. The number of aliphatic hydroxyl groups excluding tert-OH is 11. The van der Waals surface area contributed by atoms with E-state index in [4.69, 9.17) is 28.4 Å². The van der Waals surface area contributed by atoms with Gasteiger partial charge in [0.05, 0.1) is 38.6 Å². The van der Waals surface area contributed by atoms with Crippen LogP contribution in [0.1, 0.15) is 251 Å². The number of hydrogen-bond acceptors (Lipinski definition) is 18. The minimum Gasteiger partial charge on any atom is -0.394 e. The highest BCUT2D eigenvalue weighted by atomic mass is 16.8. The molecular weight excluding hydrogens is 1200 g/mol. The van der Waals surface area contributed by atoms with E-state index < -0.39 is 124 Å². The Kier molecular flexibility index (Phi) is 50.6. The van der Waals surface area contributed by atoms with Crippen LogP contribution >= 0.6 is 0 Å². The van der Waals surface area contributed by atoms with Crippen LogP contribution in [-0.4, -0.2) is 193 Å². The molecule has 0 aliphatic carbocycles. The maximum Gasteiger partial charge on any atom is 0.220 e. The Morgan fingerprint density at radius 2 is 0.734 bits per heavy atom. The lowest BCUT2D eigenvalue weighted by molar-refractivity contribution is -0.379. The molecule has 3 heterocycles. The molecule has 12 N–H and O–H groups in total. The van der Waals surface area contributed by atoms with Gasteiger partial charge in [0.1, 0.15) is 73.2 Å². The Balaban J connectivity index is 1.24. The molecule has 19 heteroatoms. The SMILES string of the molecule is CC/C=C\C/C=C\C/C=C\C/C=C\C/C=C\C/C=C\C/C=C\CCCCCCCCCCCCCCCCCCCCCC(=O)NC(COC1OC(CO)C(OC2OC(CO)C(OC3OC(CO)C(O)C(O)C3O)C(O)C2O)C(O)C1O)C(O)CCCCCCCCCC. The van der Waals surface area contributed by atoms with Crippen LogP contribution in [0, 0.1) is 0 Å². The molecule has 0 aromatic heterocycles. The number of ether oxygens (including phenoxy) is 6. The average Bonchev–Trinajstić information content (AvgIpc) is 0.834. The molecule has 1 amide bonds. The summed E-state index contributed by atoms with van der Waals surface area (Å²) in [6, 6.07) is -0.886. The molecule has 94 heavy (non-hydrogen) atoms. The predicted octanol–water partition coefficient (Wildman–Crippen LogP) is 10.7. The zero-order valence-electron chi connectivity index (χ0n) is 57.7. The lowest BCUT2D eigenvalue weighted by Crippen LogP contribution is -2.66. The molecule has 3 aliphatic rings. The Morgan fingerprint density at radius 1 is 0.394 bits per heavy atom. The summed E-state index contributed by atoms with van der Waals surface area (Å²) >= 11 is 0. The molecule has 3 fully saturated rings. The number of hydrogen-bond donors (Lipinski definition) is 12. The monoisotopic (exact) mass is 1330 g/mol. The van der Waals surface area contributed by atoms with Gasteiger partial charge in [-0.2, -0.15) is 0 Å².